The molecule has 12 rings (SSSR count). The summed E-state index contributed by atoms with van der Waals surface area (Å²) < 4.78 is 3.83. The highest BCUT2D eigenvalue weighted by Crippen LogP contribution is 2.43. The Kier molecular flexibility index (Phi) is 7.62. The van der Waals surface area contributed by atoms with Crippen molar-refractivity contribution in [1.82, 2.24) is 9.97 Å². The van der Waals surface area contributed by atoms with Gasteiger partial charge in [0, 0.05) is 53.0 Å². The van der Waals surface area contributed by atoms with Gasteiger partial charge in [0.05, 0.1) is 21.4 Å². The maximum atomic E-state index is 5.62. The van der Waals surface area contributed by atoms with Gasteiger partial charge in [0.25, 0.3) is 0 Å². The van der Waals surface area contributed by atoms with E-state index in [-0.39, 0.29) is 0 Å². The van der Waals surface area contributed by atoms with E-state index in [0.29, 0.717) is 0 Å². The van der Waals surface area contributed by atoms with Gasteiger partial charge in [-0.15, -0.1) is 22.7 Å². The van der Waals surface area contributed by atoms with Crippen LogP contribution in [0, 0.1) is 0 Å². The first-order valence-corrected chi connectivity index (χ1v) is 21.2. The maximum Gasteiger partial charge on any atom is 0.124 e. The zero-order valence-corrected chi connectivity index (χ0v) is 32.8. The van der Waals surface area contributed by atoms with Crippen LogP contribution in [0.3, 0.4) is 0 Å². The SMILES string of the molecule is c1ccc(-c2nc3ccc(-c4cccc(-c5nc6c(-c7ccc(-c8cccc9c8sc8ccccc89)cc7)cccc6c6c5ccc5ccccc56)c4)cc3s2)cc1. The van der Waals surface area contributed by atoms with Crippen molar-refractivity contribution in [3.8, 4) is 55.2 Å². The van der Waals surface area contributed by atoms with Crippen LogP contribution in [0.2, 0.25) is 0 Å². The zero-order valence-electron chi connectivity index (χ0n) is 31.2. The fourth-order valence-electron chi connectivity index (χ4n) is 8.71. The van der Waals surface area contributed by atoms with Crippen molar-refractivity contribution in [3.05, 3.63) is 194 Å². The molecule has 270 valence electrons. The minimum Gasteiger partial charge on any atom is -0.246 e. The molecule has 0 aliphatic heterocycles. The summed E-state index contributed by atoms with van der Waals surface area (Å²) in [5.41, 5.74) is 12.3. The number of hydrogen-bond donors (Lipinski definition) is 0. The number of hydrogen-bond acceptors (Lipinski definition) is 4. The average Bonchev–Trinajstić information content (AvgIpc) is 3.91. The fourth-order valence-corrected chi connectivity index (χ4v) is 11.0. The molecule has 0 N–H and O–H groups in total. The van der Waals surface area contributed by atoms with Gasteiger partial charge in [-0.2, -0.15) is 0 Å². The number of aromatic nitrogens is 2. The molecule has 0 aliphatic carbocycles. The third-order valence-corrected chi connectivity index (χ3v) is 13.8. The molecular formula is C54H32N2S2. The van der Waals surface area contributed by atoms with Gasteiger partial charge in [0.1, 0.15) is 5.01 Å². The smallest absolute Gasteiger partial charge is 0.124 e. The van der Waals surface area contributed by atoms with Gasteiger partial charge in [0.15, 0.2) is 0 Å². The summed E-state index contributed by atoms with van der Waals surface area (Å²) in [4.78, 5) is 10.6. The Labute approximate surface area is 343 Å². The maximum absolute atomic E-state index is 5.62. The molecule has 0 atom stereocenters. The summed E-state index contributed by atoms with van der Waals surface area (Å²) in [6, 6.07) is 70.3. The highest BCUT2D eigenvalue weighted by atomic mass is 32.1. The van der Waals surface area contributed by atoms with E-state index < -0.39 is 0 Å². The molecule has 0 saturated heterocycles. The molecule has 58 heavy (non-hydrogen) atoms. The normalized spacial score (nSPS) is 11.8. The second-order valence-corrected chi connectivity index (χ2v) is 17.0. The molecule has 4 heteroatoms. The number of thiazole rings is 1. The molecule has 9 aromatic carbocycles. The third kappa shape index (κ3) is 5.37. The predicted molar refractivity (Wildman–Crippen MR) is 250 cm³/mol. The summed E-state index contributed by atoms with van der Waals surface area (Å²) in [5, 5.41) is 9.68. The first-order valence-electron chi connectivity index (χ1n) is 19.6. The molecule has 0 bridgehead atoms. The van der Waals surface area contributed by atoms with E-state index in [2.05, 4.69) is 188 Å². The van der Waals surface area contributed by atoms with Gasteiger partial charge in [-0.3, -0.25) is 0 Å². The molecule has 0 radical (unpaired) electrons. The summed E-state index contributed by atoms with van der Waals surface area (Å²) in [5.74, 6) is 0. The number of rotatable bonds is 5. The Hall–Kier alpha value is -6.98. The monoisotopic (exact) mass is 772 g/mol. The van der Waals surface area contributed by atoms with E-state index >= 15 is 0 Å². The zero-order chi connectivity index (χ0) is 38.2. The van der Waals surface area contributed by atoms with Crippen LogP contribution in [-0.2, 0) is 0 Å². The molecule has 0 amide bonds. The van der Waals surface area contributed by atoms with Crippen molar-refractivity contribution in [2.24, 2.45) is 0 Å². The van der Waals surface area contributed by atoms with Gasteiger partial charge in [-0.05, 0) is 62.9 Å². The molecular weight excluding hydrogens is 741 g/mol. The molecule has 2 nitrogen and oxygen atoms in total. The van der Waals surface area contributed by atoms with Gasteiger partial charge in [-0.1, -0.05) is 170 Å². The van der Waals surface area contributed by atoms with Crippen LogP contribution in [-0.4, -0.2) is 9.97 Å². The Balaban J connectivity index is 1.01. The lowest BCUT2D eigenvalue weighted by atomic mass is 9.91. The molecule has 0 fully saturated rings. The lowest BCUT2D eigenvalue weighted by Gasteiger charge is -2.16. The topological polar surface area (TPSA) is 25.8 Å². The number of pyridine rings is 1. The standard InChI is InChI=1S/C54H32N2S2/c1-2-12-36(13-3-1)54-55-47-30-28-38(32-49(47)58-54)37-14-8-15-39(31-37)51-46-29-27-33-11-4-5-16-40(33)50(46)45-21-9-18-41(52(45)56-51)34-23-25-35(26-24-34)42-19-10-20-44-43-17-6-7-22-48(43)57-53(42)44/h1-32H. The molecule has 3 heterocycles. The summed E-state index contributed by atoms with van der Waals surface area (Å²) >= 11 is 3.62. The molecule has 0 unspecified atom stereocenters. The molecule has 0 saturated carbocycles. The quantitative estimate of drug-likeness (QED) is 0.163. The van der Waals surface area contributed by atoms with E-state index in [9.17, 15) is 0 Å². The van der Waals surface area contributed by atoms with Crippen molar-refractivity contribution in [1.29, 1.82) is 0 Å². The van der Waals surface area contributed by atoms with Crippen LogP contribution in [0.25, 0.3) is 118 Å². The van der Waals surface area contributed by atoms with Crippen molar-refractivity contribution >= 4 is 85.5 Å². The average molecular weight is 773 g/mol. The number of nitrogens with zero attached hydrogens (tertiary/aromatic N) is 2. The summed E-state index contributed by atoms with van der Waals surface area (Å²) in [7, 11) is 0. The number of fused-ring (bicyclic) bond motifs is 9. The molecule has 0 spiro atoms. The van der Waals surface area contributed by atoms with Crippen molar-refractivity contribution in [2.45, 2.75) is 0 Å². The number of thiophene rings is 1. The van der Waals surface area contributed by atoms with Crippen molar-refractivity contribution < 1.29 is 0 Å². The van der Waals surface area contributed by atoms with Crippen LogP contribution in [0.5, 0.6) is 0 Å². The number of para-hydroxylation sites is 1. The Bertz CT molecular complexity index is 3560. The van der Waals surface area contributed by atoms with E-state index in [1.54, 1.807) is 11.3 Å². The predicted octanol–water partition coefficient (Wildman–Crippen LogP) is 15.9. The summed E-state index contributed by atoms with van der Waals surface area (Å²) in [6.07, 6.45) is 0. The van der Waals surface area contributed by atoms with Crippen molar-refractivity contribution in [2.75, 3.05) is 0 Å². The lowest BCUT2D eigenvalue weighted by molar-refractivity contribution is 1.42. The van der Waals surface area contributed by atoms with E-state index in [1.807, 2.05) is 17.4 Å². The second kappa shape index (κ2) is 13.3. The minimum absolute atomic E-state index is 0.987. The highest BCUT2D eigenvalue weighted by Gasteiger charge is 2.18. The van der Waals surface area contributed by atoms with Crippen LogP contribution in [0.4, 0.5) is 0 Å². The fraction of sp³-hybridized carbons (Fsp3) is 0. The molecule has 0 aliphatic rings. The Morgan fingerprint density at radius 3 is 1.88 bits per heavy atom. The highest BCUT2D eigenvalue weighted by molar-refractivity contribution is 7.26. The second-order valence-electron chi connectivity index (χ2n) is 14.9. The summed E-state index contributed by atoms with van der Waals surface area (Å²) in [6.45, 7) is 0. The van der Waals surface area contributed by atoms with E-state index in [1.165, 1.54) is 57.7 Å². The molecule has 3 aromatic heterocycles. The van der Waals surface area contributed by atoms with Gasteiger partial charge >= 0.3 is 0 Å². The minimum atomic E-state index is 0.987. The van der Waals surface area contributed by atoms with Crippen LogP contribution in [0.1, 0.15) is 0 Å². The van der Waals surface area contributed by atoms with Gasteiger partial charge in [-0.25, -0.2) is 9.97 Å². The first-order chi connectivity index (χ1) is 28.7. The number of benzene rings is 9. The van der Waals surface area contributed by atoms with E-state index in [0.717, 1.165) is 60.3 Å². The van der Waals surface area contributed by atoms with E-state index in [4.69, 9.17) is 9.97 Å². The third-order valence-electron chi connectivity index (χ3n) is 11.5. The van der Waals surface area contributed by atoms with Gasteiger partial charge < -0.3 is 0 Å². The largest absolute Gasteiger partial charge is 0.246 e. The molecule has 12 aromatic rings. The van der Waals surface area contributed by atoms with Gasteiger partial charge in [0.2, 0.25) is 0 Å². The Morgan fingerprint density at radius 1 is 0.345 bits per heavy atom. The van der Waals surface area contributed by atoms with Crippen LogP contribution >= 0.6 is 22.7 Å². The first kappa shape index (κ1) is 33.2. The lowest BCUT2D eigenvalue weighted by Crippen LogP contribution is -1.93. The van der Waals surface area contributed by atoms with Crippen molar-refractivity contribution in [3.63, 3.8) is 0 Å². The Morgan fingerprint density at radius 2 is 1.00 bits per heavy atom. The van der Waals surface area contributed by atoms with Crippen LogP contribution < -0.4 is 0 Å². The van der Waals surface area contributed by atoms with Crippen LogP contribution in [0.15, 0.2) is 194 Å².